The number of esters is 1. The van der Waals surface area contributed by atoms with Gasteiger partial charge in [0.25, 0.3) is 0 Å². The topological polar surface area (TPSA) is 43.4 Å². The number of hydrogen-bond acceptors (Lipinski definition) is 3. The van der Waals surface area contributed by atoms with Crippen LogP contribution >= 0.6 is 22.6 Å². The van der Waals surface area contributed by atoms with Gasteiger partial charge in [0, 0.05) is 6.42 Å². The van der Waals surface area contributed by atoms with Gasteiger partial charge in [0.1, 0.15) is 0 Å². The van der Waals surface area contributed by atoms with Crippen LogP contribution in [0.25, 0.3) is 6.08 Å². The van der Waals surface area contributed by atoms with Crippen LogP contribution in [0, 0.1) is 0 Å². The van der Waals surface area contributed by atoms with Gasteiger partial charge < -0.3 is 4.74 Å². The van der Waals surface area contributed by atoms with Crippen LogP contribution in [-0.4, -0.2) is 18.9 Å². The van der Waals surface area contributed by atoms with E-state index >= 15 is 0 Å². The fourth-order valence-electron chi connectivity index (χ4n) is 1.52. The molecule has 0 aliphatic rings. The van der Waals surface area contributed by atoms with Crippen LogP contribution in [0.1, 0.15) is 42.1 Å². The first-order valence-corrected chi connectivity index (χ1v) is 7.25. The van der Waals surface area contributed by atoms with Crippen LogP contribution in [-0.2, 0) is 9.53 Å². The number of rotatable bonds is 6. The second kappa shape index (κ2) is 8.09. The fraction of sp³-hybridized carbons (Fsp3) is 0.333. The van der Waals surface area contributed by atoms with Gasteiger partial charge in [-0.2, -0.15) is 0 Å². The Morgan fingerprint density at radius 3 is 2.42 bits per heavy atom. The van der Waals surface area contributed by atoms with Gasteiger partial charge in [-0.3, -0.25) is 4.79 Å². The lowest BCUT2D eigenvalue weighted by molar-refractivity contribution is -0.114. The minimum Gasteiger partial charge on any atom is -0.465 e. The molecule has 0 spiro atoms. The largest absolute Gasteiger partial charge is 0.465 e. The summed E-state index contributed by atoms with van der Waals surface area (Å²) in [5.74, 6) is -0.191. The standard InChI is InChI=1S/C15H17IO3/c1-3-4-5-14(17)13(16)10-11-6-8-12(9-7-11)15(18)19-2/h6-10H,3-5H2,1-2H3/b13-10+. The number of unbranched alkanes of at least 4 members (excludes halogenated alkanes) is 1. The van der Waals surface area contributed by atoms with E-state index in [1.54, 1.807) is 24.3 Å². The molecule has 19 heavy (non-hydrogen) atoms. The van der Waals surface area contributed by atoms with Crippen LogP contribution in [0.4, 0.5) is 0 Å². The minimum absolute atomic E-state index is 0.166. The Hall–Kier alpha value is -1.17. The van der Waals surface area contributed by atoms with Crippen molar-refractivity contribution >= 4 is 40.4 Å². The van der Waals surface area contributed by atoms with E-state index in [2.05, 4.69) is 34.3 Å². The van der Waals surface area contributed by atoms with Crippen LogP contribution in [0.15, 0.2) is 27.8 Å². The van der Waals surface area contributed by atoms with Crippen LogP contribution in [0.2, 0.25) is 0 Å². The molecule has 0 atom stereocenters. The van der Waals surface area contributed by atoms with E-state index in [-0.39, 0.29) is 11.8 Å². The fourth-order valence-corrected chi connectivity index (χ4v) is 2.15. The van der Waals surface area contributed by atoms with Crippen molar-refractivity contribution in [1.82, 2.24) is 0 Å². The van der Waals surface area contributed by atoms with Gasteiger partial charge in [-0.1, -0.05) is 25.5 Å². The summed E-state index contributed by atoms with van der Waals surface area (Å²) in [5, 5.41) is 0. The van der Waals surface area contributed by atoms with Gasteiger partial charge >= 0.3 is 5.97 Å². The van der Waals surface area contributed by atoms with Crippen molar-refractivity contribution < 1.29 is 14.3 Å². The zero-order chi connectivity index (χ0) is 14.3. The average Bonchev–Trinajstić information content (AvgIpc) is 2.44. The Bertz CT molecular complexity index is 475. The number of Topliss-reactive ketones (excluding diaryl/α,β-unsaturated/α-hetero) is 1. The minimum atomic E-state index is -0.357. The van der Waals surface area contributed by atoms with Crippen molar-refractivity contribution in [3.05, 3.63) is 39.0 Å². The van der Waals surface area contributed by atoms with Crippen molar-refractivity contribution in [2.24, 2.45) is 0 Å². The van der Waals surface area contributed by atoms with Gasteiger partial charge in [-0.25, -0.2) is 4.79 Å². The first kappa shape index (κ1) is 15.9. The number of benzene rings is 1. The molecule has 0 aliphatic carbocycles. The summed E-state index contributed by atoms with van der Waals surface area (Å²) in [6.07, 6.45) is 4.36. The Balaban J connectivity index is 2.76. The van der Waals surface area contributed by atoms with E-state index in [0.29, 0.717) is 12.0 Å². The Kier molecular flexibility index (Phi) is 6.77. The van der Waals surface area contributed by atoms with Gasteiger partial charge in [-0.15, -0.1) is 0 Å². The van der Waals surface area contributed by atoms with Gasteiger partial charge in [0.15, 0.2) is 5.78 Å². The molecule has 1 aromatic carbocycles. The summed E-state index contributed by atoms with van der Waals surface area (Å²) < 4.78 is 5.35. The van der Waals surface area contributed by atoms with Gasteiger partial charge in [-0.05, 0) is 52.8 Å². The third-order valence-electron chi connectivity index (χ3n) is 2.65. The van der Waals surface area contributed by atoms with Crippen molar-refractivity contribution in [2.75, 3.05) is 7.11 Å². The predicted octanol–water partition coefficient (Wildman–Crippen LogP) is 4.01. The number of allylic oxidation sites excluding steroid dienone is 1. The predicted molar refractivity (Wildman–Crippen MR) is 84.3 cm³/mol. The van der Waals surface area contributed by atoms with Crippen molar-refractivity contribution in [3.8, 4) is 0 Å². The molecule has 1 rings (SSSR count). The number of ketones is 1. The zero-order valence-corrected chi connectivity index (χ0v) is 13.3. The maximum Gasteiger partial charge on any atom is 0.337 e. The lowest BCUT2D eigenvalue weighted by atomic mass is 10.1. The molecule has 0 aliphatic heterocycles. The molecule has 0 heterocycles. The van der Waals surface area contributed by atoms with E-state index in [1.165, 1.54) is 7.11 Å². The highest BCUT2D eigenvalue weighted by atomic mass is 127. The zero-order valence-electron chi connectivity index (χ0n) is 11.1. The number of carbonyl (C=O) groups excluding carboxylic acids is 2. The normalized spacial score (nSPS) is 11.2. The van der Waals surface area contributed by atoms with Crippen LogP contribution in [0.5, 0.6) is 0 Å². The number of hydrogen-bond donors (Lipinski definition) is 0. The molecule has 0 N–H and O–H groups in total. The second-order valence-corrected chi connectivity index (χ2v) is 5.29. The molecule has 0 radical (unpaired) electrons. The average molecular weight is 372 g/mol. The quantitative estimate of drug-likeness (QED) is 0.431. The Labute approximate surface area is 127 Å². The van der Waals surface area contributed by atoms with E-state index in [0.717, 1.165) is 22.0 Å². The first-order chi connectivity index (χ1) is 9.08. The van der Waals surface area contributed by atoms with Gasteiger partial charge in [0.05, 0.1) is 16.3 Å². The SMILES string of the molecule is CCCCC(=O)/C(I)=C\c1ccc(C(=O)OC)cc1. The maximum atomic E-state index is 11.8. The third kappa shape index (κ3) is 5.14. The molecule has 102 valence electrons. The molecular weight excluding hydrogens is 355 g/mol. The molecule has 0 unspecified atom stereocenters. The third-order valence-corrected chi connectivity index (χ3v) is 3.56. The number of methoxy groups -OCH3 is 1. The highest BCUT2D eigenvalue weighted by Gasteiger charge is 2.07. The second-order valence-electron chi connectivity index (χ2n) is 4.13. The highest BCUT2D eigenvalue weighted by Crippen LogP contribution is 2.17. The van der Waals surface area contributed by atoms with Crippen LogP contribution < -0.4 is 0 Å². The molecule has 4 heteroatoms. The monoisotopic (exact) mass is 372 g/mol. The van der Waals surface area contributed by atoms with Crippen molar-refractivity contribution in [1.29, 1.82) is 0 Å². The lowest BCUT2D eigenvalue weighted by Gasteiger charge is -2.01. The summed E-state index contributed by atoms with van der Waals surface area (Å²) in [6, 6.07) is 6.99. The molecule has 1 aromatic rings. The van der Waals surface area contributed by atoms with E-state index in [4.69, 9.17) is 0 Å². The van der Waals surface area contributed by atoms with Gasteiger partial charge in [0.2, 0.25) is 0 Å². The van der Waals surface area contributed by atoms with Crippen LogP contribution in [0.3, 0.4) is 0 Å². The summed E-state index contributed by atoms with van der Waals surface area (Å²) in [4.78, 5) is 23.1. The Morgan fingerprint density at radius 1 is 1.26 bits per heavy atom. The molecule has 0 saturated carbocycles. The number of ether oxygens (including phenoxy) is 1. The summed E-state index contributed by atoms with van der Waals surface area (Å²) in [7, 11) is 1.35. The lowest BCUT2D eigenvalue weighted by Crippen LogP contribution is -2.00. The highest BCUT2D eigenvalue weighted by molar-refractivity contribution is 14.1. The first-order valence-electron chi connectivity index (χ1n) is 6.17. The molecule has 0 amide bonds. The molecular formula is C15H17IO3. The summed E-state index contributed by atoms with van der Waals surface area (Å²) in [5.41, 5.74) is 1.41. The molecule has 0 bridgehead atoms. The van der Waals surface area contributed by atoms with E-state index in [9.17, 15) is 9.59 Å². The molecule has 0 saturated heterocycles. The van der Waals surface area contributed by atoms with Crippen molar-refractivity contribution in [2.45, 2.75) is 26.2 Å². The Morgan fingerprint density at radius 2 is 1.89 bits per heavy atom. The van der Waals surface area contributed by atoms with Crippen molar-refractivity contribution in [3.63, 3.8) is 0 Å². The smallest absolute Gasteiger partial charge is 0.337 e. The maximum absolute atomic E-state index is 11.8. The van der Waals surface area contributed by atoms with E-state index in [1.807, 2.05) is 6.08 Å². The molecule has 0 aromatic heterocycles. The molecule has 0 fully saturated rings. The number of carbonyl (C=O) groups is 2. The summed E-state index contributed by atoms with van der Waals surface area (Å²) >= 11 is 2.06. The van der Waals surface area contributed by atoms with E-state index < -0.39 is 0 Å². The molecule has 3 nitrogen and oxygen atoms in total. The summed E-state index contributed by atoms with van der Waals surface area (Å²) in [6.45, 7) is 2.06. The number of halogens is 1.